The van der Waals surface area contributed by atoms with Crippen LogP contribution in [0.15, 0.2) is 18.3 Å². The van der Waals surface area contributed by atoms with Gasteiger partial charge in [-0.1, -0.05) is 6.92 Å². The minimum absolute atomic E-state index is 0.198. The first-order valence-corrected chi connectivity index (χ1v) is 6.61. The zero-order valence-corrected chi connectivity index (χ0v) is 11.3. The lowest BCUT2D eigenvalue weighted by Crippen LogP contribution is -2.32. The van der Waals surface area contributed by atoms with Gasteiger partial charge in [-0.3, -0.25) is 4.98 Å². The van der Waals surface area contributed by atoms with Crippen LogP contribution in [0.4, 0.5) is 0 Å². The first kappa shape index (κ1) is 13.3. The van der Waals surface area contributed by atoms with Gasteiger partial charge < -0.3 is 14.8 Å². The number of hydrogen-bond acceptors (Lipinski definition) is 4. The fourth-order valence-electron chi connectivity index (χ4n) is 2.67. The topological polar surface area (TPSA) is 43.4 Å². The van der Waals surface area contributed by atoms with Crippen molar-refractivity contribution in [2.75, 3.05) is 20.3 Å². The molecular weight excluding hydrogens is 228 g/mol. The van der Waals surface area contributed by atoms with Gasteiger partial charge in [0.2, 0.25) is 0 Å². The minimum Gasteiger partial charge on any atom is -0.495 e. The molecule has 4 heteroatoms. The van der Waals surface area contributed by atoms with Crippen LogP contribution in [0.5, 0.6) is 5.75 Å². The summed E-state index contributed by atoms with van der Waals surface area (Å²) >= 11 is 0. The van der Waals surface area contributed by atoms with E-state index in [1.807, 2.05) is 18.3 Å². The molecule has 100 valence electrons. The summed E-state index contributed by atoms with van der Waals surface area (Å²) in [5.41, 5.74) is 0.990. The van der Waals surface area contributed by atoms with E-state index in [-0.39, 0.29) is 12.1 Å². The highest BCUT2D eigenvalue weighted by molar-refractivity contribution is 5.30. The largest absolute Gasteiger partial charge is 0.495 e. The van der Waals surface area contributed by atoms with Gasteiger partial charge in [0, 0.05) is 18.7 Å². The number of nitrogens with one attached hydrogen (secondary N) is 1. The number of rotatable bonds is 5. The van der Waals surface area contributed by atoms with Gasteiger partial charge in [-0.25, -0.2) is 0 Å². The summed E-state index contributed by atoms with van der Waals surface area (Å²) in [7, 11) is 1.69. The second-order valence-corrected chi connectivity index (χ2v) is 4.65. The van der Waals surface area contributed by atoms with Crippen molar-refractivity contribution in [3.8, 4) is 5.75 Å². The Labute approximate surface area is 109 Å². The molecule has 0 aromatic carbocycles. The van der Waals surface area contributed by atoms with Crippen molar-refractivity contribution in [2.45, 2.75) is 32.4 Å². The second kappa shape index (κ2) is 6.16. The molecule has 4 nitrogen and oxygen atoms in total. The standard InChI is InChI=1S/C14H22N2O2/c1-4-15-13(11-7-9-18-10(11)2)14-12(17-3)6-5-8-16-14/h5-6,8,10-11,13,15H,4,7,9H2,1-3H3. The number of pyridine rings is 1. The van der Waals surface area contributed by atoms with E-state index in [1.54, 1.807) is 7.11 Å². The quantitative estimate of drug-likeness (QED) is 0.869. The highest BCUT2D eigenvalue weighted by atomic mass is 16.5. The van der Waals surface area contributed by atoms with Crippen molar-refractivity contribution in [1.29, 1.82) is 0 Å². The van der Waals surface area contributed by atoms with E-state index in [4.69, 9.17) is 9.47 Å². The highest BCUT2D eigenvalue weighted by Gasteiger charge is 2.34. The third-order valence-electron chi connectivity index (χ3n) is 3.60. The number of aromatic nitrogens is 1. The predicted molar refractivity (Wildman–Crippen MR) is 70.7 cm³/mol. The fourth-order valence-corrected chi connectivity index (χ4v) is 2.67. The fraction of sp³-hybridized carbons (Fsp3) is 0.643. The molecule has 1 aromatic rings. The van der Waals surface area contributed by atoms with E-state index in [9.17, 15) is 0 Å². The maximum absolute atomic E-state index is 5.68. The van der Waals surface area contributed by atoms with Crippen LogP contribution in [0.25, 0.3) is 0 Å². The summed E-state index contributed by atoms with van der Waals surface area (Å²) in [6.07, 6.45) is 3.15. The van der Waals surface area contributed by atoms with Crippen molar-refractivity contribution >= 4 is 0 Å². The number of methoxy groups -OCH3 is 1. The molecule has 1 saturated heterocycles. The van der Waals surface area contributed by atoms with Crippen LogP contribution in [0.1, 0.15) is 32.0 Å². The maximum Gasteiger partial charge on any atom is 0.141 e. The molecule has 2 rings (SSSR count). The van der Waals surface area contributed by atoms with Crippen LogP contribution in [0.3, 0.4) is 0 Å². The van der Waals surface area contributed by atoms with Crippen molar-refractivity contribution in [2.24, 2.45) is 5.92 Å². The third-order valence-corrected chi connectivity index (χ3v) is 3.60. The molecule has 0 radical (unpaired) electrons. The van der Waals surface area contributed by atoms with Gasteiger partial charge in [0.05, 0.1) is 24.9 Å². The lowest BCUT2D eigenvalue weighted by molar-refractivity contribution is 0.0947. The van der Waals surface area contributed by atoms with Crippen LogP contribution in [0, 0.1) is 5.92 Å². The Morgan fingerprint density at radius 1 is 1.61 bits per heavy atom. The summed E-state index contributed by atoms with van der Waals surface area (Å²) in [6, 6.07) is 4.07. The van der Waals surface area contributed by atoms with Crippen molar-refractivity contribution in [1.82, 2.24) is 10.3 Å². The average molecular weight is 250 g/mol. The van der Waals surface area contributed by atoms with Gasteiger partial charge in [0.1, 0.15) is 5.75 Å². The van der Waals surface area contributed by atoms with Crippen molar-refractivity contribution in [3.63, 3.8) is 0 Å². The van der Waals surface area contributed by atoms with Crippen LogP contribution in [0.2, 0.25) is 0 Å². The van der Waals surface area contributed by atoms with Crippen LogP contribution < -0.4 is 10.1 Å². The Bertz CT molecular complexity index is 384. The normalized spacial score (nSPS) is 25.1. The molecule has 1 fully saturated rings. The summed E-state index contributed by atoms with van der Waals surface area (Å²) in [6.45, 7) is 6.00. The number of nitrogens with zero attached hydrogens (tertiary/aromatic N) is 1. The molecule has 0 saturated carbocycles. The van der Waals surface area contributed by atoms with Gasteiger partial charge in [0.25, 0.3) is 0 Å². The van der Waals surface area contributed by atoms with E-state index >= 15 is 0 Å². The third kappa shape index (κ3) is 2.65. The van der Waals surface area contributed by atoms with Crippen molar-refractivity contribution < 1.29 is 9.47 Å². The van der Waals surface area contributed by atoms with E-state index in [0.717, 1.165) is 31.0 Å². The zero-order valence-electron chi connectivity index (χ0n) is 11.3. The number of hydrogen-bond donors (Lipinski definition) is 1. The molecule has 1 aliphatic heterocycles. The van der Waals surface area contributed by atoms with E-state index in [2.05, 4.69) is 24.1 Å². The SMILES string of the molecule is CCNC(c1ncccc1OC)C1CCOC1C. The maximum atomic E-state index is 5.68. The lowest BCUT2D eigenvalue weighted by Gasteiger charge is -2.27. The molecule has 1 aromatic heterocycles. The zero-order chi connectivity index (χ0) is 13.0. The van der Waals surface area contributed by atoms with E-state index in [0.29, 0.717) is 5.92 Å². The molecule has 1 N–H and O–H groups in total. The summed E-state index contributed by atoms with van der Waals surface area (Å²) in [4.78, 5) is 4.50. The summed E-state index contributed by atoms with van der Waals surface area (Å²) in [5.74, 6) is 1.30. The summed E-state index contributed by atoms with van der Waals surface area (Å²) < 4.78 is 11.1. The van der Waals surface area contributed by atoms with Crippen LogP contribution in [-0.4, -0.2) is 31.3 Å². The monoisotopic (exact) mass is 250 g/mol. The molecule has 3 unspecified atom stereocenters. The smallest absolute Gasteiger partial charge is 0.141 e. The predicted octanol–water partition coefficient (Wildman–Crippen LogP) is 2.17. The van der Waals surface area contributed by atoms with Gasteiger partial charge >= 0.3 is 0 Å². The van der Waals surface area contributed by atoms with Crippen LogP contribution in [-0.2, 0) is 4.74 Å². The van der Waals surface area contributed by atoms with Gasteiger partial charge in [-0.05, 0) is 32.0 Å². The van der Waals surface area contributed by atoms with Gasteiger partial charge in [-0.2, -0.15) is 0 Å². The van der Waals surface area contributed by atoms with E-state index in [1.165, 1.54) is 0 Å². The Balaban J connectivity index is 2.28. The highest BCUT2D eigenvalue weighted by Crippen LogP contribution is 2.35. The summed E-state index contributed by atoms with van der Waals surface area (Å²) in [5, 5.41) is 3.52. The molecule has 2 heterocycles. The molecule has 0 amide bonds. The Hall–Kier alpha value is -1.13. The van der Waals surface area contributed by atoms with Crippen LogP contribution >= 0.6 is 0 Å². The lowest BCUT2D eigenvalue weighted by atomic mass is 9.90. The molecule has 18 heavy (non-hydrogen) atoms. The van der Waals surface area contributed by atoms with Gasteiger partial charge in [-0.15, -0.1) is 0 Å². The Morgan fingerprint density at radius 3 is 3.06 bits per heavy atom. The molecule has 0 bridgehead atoms. The molecule has 0 aliphatic carbocycles. The second-order valence-electron chi connectivity index (χ2n) is 4.65. The molecule has 1 aliphatic rings. The molecule has 0 spiro atoms. The first-order chi connectivity index (χ1) is 8.77. The number of ether oxygens (including phenoxy) is 2. The van der Waals surface area contributed by atoms with Gasteiger partial charge in [0.15, 0.2) is 0 Å². The molecule has 3 atom stereocenters. The van der Waals surface area contributed by atoms with E-state index < -0.39 is 0 Å². The minimum atomic E-state index is 0.198. The Morgan fingerprint density at radius 2 is 2.44 bits per heavy atom. The Kier molecular flexibility index (Phi) is 4.55. The van der Waals surface area contributed by atoms with Crippen molar-refractivity contribution in [3.05, 3.63) is 24.0 Å². The first-order valence-electron chi connectivity index (χ1n) is 6.61. The average Bonchev–Trinajstić information content (AvgIpc) is 2.82. The molecular formula is C14H22N2O2.